The number of hydrogen-bond acceptors (Lipinski definition) is 5. The summed E-state index contributed by atoms with van der Waals surface area (Å²) in [5.74, 6) is -0.188. The molecule has 6 nitrogen and oxygen atoms in total. The first kappa shape index (κ1) is 15.0. The standard InChI is InChI=1S/C14H12BrN3O3/c1-21-12-7-10(15)6-9(13(12)19)8-17-18-14(20)11-4-2-3-5-16-11/h2-8,19H,1H3,(H,18,20)/b17-8-. The molecular weight excluding hydrogens is 338 g/mol. The van der Waals surface area contributed by atoms with Gasteiger partial charge in [-0.3, -0.25) is 9.78 Å². The second-order valence-corrected chi connectivity index (χ2v) is 4.88. The number of aromatic hydroxyl groups is 1. The molecule has 108 valence electrons. The maximum Gasteiger partial charge on any atom is 0.289 e. The van der Waals surface area contributed by atoms with Crippen molar-refractivity contribution in [1.82, 2.24) is 10.4 Å². The summed E-state index contributed by atoms with van der Waals surface area (Å²) in [6.07, 6.45) is 2.84. The van der Waals surface area contributed by atoms with Crippen LogP contribution in [-0.2, 0) is 0 Å². The van der Waals surface area contributed by atoms with Gasteiger partial charge in [-0.25, -0.2) is 5.43 Å². The average Bonchev–Trinajstić information content (AvgIpc) is 2.51. The molecule has 0 saturated heterocycles. The maximum atomic E-state index is 11.7. The van der Waals surface area contributed by atoms with Gasteiger partial charge in [-0.05, 0) is 24.3 Å². The molecule has 7 heteroatoms. The van der Waals surface area contributed by atoms with E-state index in [1.807, 2.05) is 0 Å². The van der Waals surface area contributed by atoms with Crippen molar-refractivity contribution in [3.05, 3.63) is 52.3 Å². The second-order valence-electron chi connectivity index (χ2n) is 3.96. The SMILES string of the molecule is COc1cc(Br)cc(/C=N\NC(=O)c2ccccn2)c1O. The summed E-state index contributed by atoms with van der Waals surface area (Å²) in [6.45, 7) is 0. The van der Waals surface area contributed by atoms with E-state index in [1.54, 1.807) is 30.3 Å². The normalized spacial score (nSPS) is 10.6. The molecule has 0 radical (unpaired) electrons. The first-order valence-corrected chi connectivity index (χ1v) is 6.72. The Bertz CT molecular complexity index is 675. The Labute approximate surface area is 129 Å². The van der Waals surface area contributed by atoms with Crippen LogP contribution in [-0.4, -0.2) is 29.3 Å². The van der Waals surface area contributed by atoms with E-state index in [2.05, 4.69) is 31.4 Å². The van der Waals surface area contributed by atoms with E-state index in [4.69, 9.17) is 4.74 Å². The molecule has 0 unspecified atom stereocenters. The number of hydrogen-bond donors (Lipinski definition) is 2. The number of pyridine rings is 1. The van der Waals surface area contributed by atoms with Gasteiger partial charge in [-0.2, -0.15) is 5.10 Å². The highest BCUT2D eigenvalue weighted by Gasteiger charge is 2.08. The fourth-order valence-corrected chi connectivity index (χ4v) is 2.02. The van der Waals surface area contributed by atoms with Gasteiger partial charge in [0.25, 0.3) is 5.91 Å². The number of halogens is 1. The molecule has 1 amide bonds. The fourth-order valence-electron chi connectivity index (χ4n) is 1.56. The van der Waals surface area contributed by atoms with E-state index in [1.165, 1.54) is 19.5 Å². The zero-order chi connectivity index (χ0) is 15.2. The Morgan fingerprint density at radius 1 is 1.48 bits per heavy atom. The van der Waals surface area contributed by atoms with Gasteiger partial charge in [0.15, 0.2) is 11.5 Å². The van der Waals surface area contributed by atoms with E-state index < -0.39 is 5.91 Å². The van der Waals surface area contributed by atoms with Crippen molar-refractivity contribution in [2.45, 2.75) is 0 Å². The van der Waals surface area contributed by atoms with Gasteiger partial charge in [-0.1, -0.05) is 22.0 Å². The van der Waals surface area contributed by atoms with Crippen LogP contribution in [0.1, 0.15) is 16.1 Å². The lowest BCUT2D eigenvalue weighted by Crippen LogP contribution is -2.18. The highest BCUT2D eigenvalue weighted by atomic mass is 79.9. The number of ether oxygens (including phenoxy) is 1. The highest BCUT2D eigenvalue weighted by molar-refractivity contribution is 9.10. The molecule has 0 spiro atoms. The van der Waals surface area contributed by atoms with Gasteiger partial charge in [0, 0.05) is 16.2 Å². The van der Waals surface area contributed by atoms with Crippen molar-refractivity contribution in [2.24, 2.45) is 5.10 Å². The summed E-state index contributed by atoms with van der Waals surface area (Å²) in [4.78, 5) is 15.6. The molecule has 0 aliphatic heterocycles. The quantitative estimate of drug-likeness (QED) is 0.655. The fraction of sp³-hybridized carbons (Fsp3) is 0.0714. The molecule has 0 aliphatic rings. The van der Waals surface area contributed by atoms with Crippen LogP contribution in [0.25, 0.3) is 0 Å². The van der Waals surface area contributed by atoms with Crippen LogP contribution in [0.2, 0.25) is 0 Å². The number of benzene rings is 1. The summed E-state index contributed by atoms with van der Waals surface area (Å²) in [7, 11) is 1.45. The van der Waals surface area contributed by atoms with Crippen molar-refractivity contribution < 1.29 is 14.6 Å². The molecule has 1 aromatic heterocycles. The van der Waals surface area contributed by atoms with Crippen molar-refractivity contribution >= 4 is 28.1 Å². The summed E-state index contributed by atoms with van der Waals surface area (Å²) < 4.78 is 5.74. The van der Waals surface area contributed by atoms with Gasteiger partial charge in [0.2, 0.25) is 0 Å². The summed E-state index contributed by atoms with van der Waals surface area (Å²) >= 11 is 3.30. The molecule has 2 N–H and O–H groups in total. The van der Waals surface area contributed by atoms with E-state index in [-0.39, 0.29) is 11.4 Å². The number of hydrazone groups is 1. The molecule has 0 bridgehead atoms. The minimum atomic E-state index is -0.437. The van der Waals surface area contributed by atoms with Gasteiger partial charge < -0.3 is 9.84 Å². The van der Waals surface area contributed by atoms with Crippen LogP contribution in [0.15, 0.2) is 46.1 Å². The zero-order valence-corrected chi connectivity index (χ0v) is 12.7. The average molecular weight is 350 g/mol. The predicted octanol–water partition coefficient (Wildman–Crippen LogP) is 2.32. The molecule has 2 rings (SSSR count). The number of rotatable bonds is 4. The van der Waals surface area contributed by atoms with Crippen LogP contribution in [0.5, 0.6) is 11.5 Å². The molecular formula is C14H12BrN3O3. The third-order valence-corrected chi connectivity index (χ3v) is 3.01. The van der Waals surface area contributed by atoms with Crippen molar-refractivity contribution in [1.29, 1.82) is 0 Å². The molecule has 0 atom stereocenters. The second kappa shape index (κ2) is 6.85. The number of aromatic nitrogens is 1. The van der Waals surface area contributed by atoms with E-state index >= 15 is 0 Å². The highest BCUT2D eigenvalue weighted by Crippen LogP contribution is 2.32. The van der Waals surface area contributed by atoms with Crippen LogP contribution in [0.3, 0.4) is 0 Å². The predicted molar refractivity (Wildman–Crippen MR) is 81.7 cm³/mol. The van der Waals surface area contributed by atoms with Crippen molar-refractivity contribution in [3.8, 4) is 11.5 Å². The lowest BCUT2D eigenvalue weighted by molar-refractivity contribution is 0.0950. The molecule has 2 aromatic rings. The smallest absolute Gasteiger partial charge is 0.289 e. The van der Waals surface area contributed by atoms with Crippen LogP contribution >= 0.6 is 15.9 Å². The number of nitrogens with zero attached hydrogens (tertiary/aromatic N) is 2. The van der Waals surface area contributed by atoms with E-state index in [9.17, 15) is 9.90 Å². The zero-order valence-electron chi connectivity index (χ0n) is 11.1. The van der Waals surface area contributed by atoms with Crippen LogP contribution < -0.4 is 10.2 Å². The first-order chi connectivity index (χ1) is 10.1. The molecule has 21 heavy (non-hydrogen) atoms. The molecule has 1 heterocycles. The summed E-state index contributed by atoms with van der Waals surface area (Å²) in [5, 5.41) is 13.7. The third-order valence-electron chi connectivity index (χ3n) is 2.56. The topological polar surface area (TPSA) is 83.8 Å². The van der Waals surface area contributed by atoms with Crippen molar-refractivity contribution in [2.75, 3.05) is 7.11 Å². The van der Waals surface area contributed by atoms with Crippen molar-refractivity contribution in [3.63, 3.8) is 0 Å². The Morgan fingerprint density at radius 3 is 2.95 bits per heavy atom. The number of nitrogens with one attached hydrogen (secondary N) is 1. The van der Waals surface area contributed by atoms with Crippen LogP contribution in [0.4, 0.5) is 0 Å². The maximum absolute atomic E-state index is 11.7. The Balaban J connectivity index is 2.12. The number of phenolic OH excluding ortho intramolecular Hbond substituents is 1. The van der Waals surface area contributed by atoms with E-state index in [0.717, 1.165) is 4.47 Å². The Hall–Kier alpha value is -2.41. The van der Waals surface area contributed by atoms with Gasteiger partial charge in [0.1, 0.15) is 5.69 Å². The number of amides is 1. The van der Waals surface area contributed by atoms with E-state index in [0.29, 0.717) is 11.3 Å². The largest absolute Gasteiger partial charge is 0.504 e. The Morgan fingerprint density at radius 2 is 2.29 bits per heavy atom. The van der Waals surface area contributed by atoms with Crippen LogP contribution in [0, 0.1) is 0 Å². The third kappa shape index (κ3) is 3.79. The Kier molecular flexibility index (Phi) is 4.89. The summed E-state index contributed by atoms with van der Waals surface area (Å²) in [6, 6.07) is 8.26. The number of carbonyl (C=O) groups excluding carboxylic acids is 1. The molecule has 0 saturated carbocycles. The lowest BCUT2D eigenvalue weighted by Gasteiger charge is -2.06. The molecule has 0 fully saturated rings. The van der Waals surface area contributed by atoms with Gasteiger partial charge in [0.05, 0.1) is 13.3 Å². The van der Waals surface area contributed by atoms with Gasteiger partial charge >= 0.3 is 0 Å². The number of phenols is 1. The summed E-state index contributed by atoms with van der Waals surface area (Å²) in [5.41, 5.74) is 2.99. The molecule has 1 aromatic carbocycles. The minimum absolute atomic E-state index is 0.0588. The number of carbonyl (C=O) groups is 1. The first-order valence-electron chi connectivity index (χ1n) is 5.92. The monoisotopic (exact) mass is 349 g/mol. The molecule has 0 aliphatic carbocycles. The lowest BCUT2D eigenvalue weighted by atomic mass is 10.2. The number of methoxy groups -OCH3 is 1. The van der Waals surface area contributed by atoms with Gasteiger partial charge in [-0.15, -0.1) is 0 Å². The minimum Gasteiger partial charge on any atom is -0.504 e.